The summed E-state index contributed by atoms with van der Waals surface area (Å²) in [6.07, 6.45) is 4.11. The van der Waals surface area contributed by atoms with Crippen LogP contribution in [0.4, 0.5) is 5.69 Å². The van der Waals surface area contributed by atoms with Crippen LogP contribution in [-0.4, -0.2) is 25.5 Å². The van der Waals surface area contributed by atoms with Gasteiger partial charge in [-0.2, -0.15) is 10.2 Å². The number of anilines is 1. The van der Waals surface area contributed by atoms with E-state index in [2.05, 4.69) is 40.6 Å². The Bertz CT molecular complexity index is 959. The van der Waals surface area contributed by atoms with Crippen molar-refractivity contribution in [3.8, 4) is 0 Å². The highest BCUT2D eigenvalue weighted by Crippen LogP contribution is 2.24. The molecule has 0 saturated carbocycles. The number of amides is 1. The molecular weight excluding hydrogens is 362 g/mol. The van der Waals surface area contributed by atoms with Crippen LogP contribution in [0.1, 0.15) is 41.9 Å². The highest BCUT2D eigenvalue weighted by molar-refractivity contribution is 6.31. The molecule has 1 amide bonds. The maximum Gasteiger partial charge on any atom is 0.249 e. The molecule has 3 rings (SSSR count). The van der Waals surface area contributed by atoms with Crippen molar-refractivity contribution >= 4 is 23.2 Å². The summed E-state index contributed by atoms with van der Waals surface area (Å²) in [6, 6.07) is 7.86. The van der Waals surface area contributed by atoms with Crippen LogP contribution in [0.5, 0.6) is 0 Å². The fourth-order valence-corrected chi connectivity index (χ4v) is 3.28. The molecule has 0 bridgehead atoms. The first-order valence-corrected chi connectivity index (χ1v) is 9.37. The summed E-state index contributed by atoms with van der Waals surface area (Å²) < 4.78 is 3.51. The van der Waals surface area contributed by atoms with Crippen molar-refractivity contribution in [1.82, 2.24) is 19.6 Å². The molecule has 0 aliphatic heterocycles. The van der Waals surface area contributed by atoms with Gasteiger partial charge < -0.3 is 5.32 Å². The molecule has 0 spiro atoms. The van der Waals surface area contributed by atoms with E-state index in [1.54, 1.807) is 10.9 Å². The molecule has 6 nitrogen and oxygen atoms in total. The average Bonchev–Trinajstić information content (AvgIpc) is 3.16. The Hall–Kier alpha value is -2.60. The van der Waals surface area contributed by atoms with Crippen LogP contribution >= 0.6 is 11.6 Å². The Labute approximate surface area is 164 Å². The molecule has 1 N–H and O–H groups in total. The molecule has 0 saturated heterocycles. The molecule has 3 aromatic rings. The van der Waals surface area contributed by atoms with Gasteiger partial charge in [-0.15, -0.1) is 0 Å². The van der Waals surface area contributed by atoms with Gasteiger partial charge in [0, 0.05) is 6.20 Å². The van der Waals surface area contributed by atoms with Gasteiger partial charge >= 0.3 is 0 Å². The van der Waals surface area contributed by atoms with Gasteiger partial charge in [-0.3, -0.25) is 14.2 Å². The Balaban J connectivity index is 1.72. The first kappa shape index (κ1) is 19.2. The van der Waals surface area contributed by atoms with Gasteiger partial charge in [-0.05, 0) is 32.8 Å². The number of aromatic nitrogens is 4. The minimum absolute atomic E-state index is 0.130. The molecule has 1 aromatic carbocycles. The summed E-state index contributed by atoms with van der Waals surface area (Å²) in [6.45, 7) is 8.38. The topological polar surface area (TPSA) is 64.7 Å². The molecule has 0 aliphatic carbocycles. The predicted molar refractivity (Wildman–Crippen MR) is 107 cm³/mol. The summed E-state index contributed by atoms with van der Waals surface area (Å²) in [4.78, 5) is 12.8. The van der Waals surface area contributed by atoms with Crippen molar-refractivity contribution in [2.24, 2.45) is 0 Å². The minimum Gasteiger partial charge on any atom is -0.322 e. The smallest absolute Gasteiger partial charge is 0.249 e. The van der Waals surface area contributed by atoms with Crippen molar-refractivity contribution < 1.29 is 4.79 Å². The zero-order valence-corrected chi connectivity index (χ0v) is 16.8. The average molecular weight is 386 g/mol. The third-order valence-electron chi connectivity index (χ3n) is 4.55. The number of rotatable bonds is 6. The fourth-order valence-electron chi connectivity index (χ4n) is 3.15. The molecule has 2 heterocycles. The van der Waals surface area contributed by atoms with Gasteiger partial charge in [0.15, 0.2) is 0 Å². The van der Waals surface area contributed by atoms with E-state index in [-0.39, 0.29) is 5.91 Å². The van der Waals surface area contributed by atoms with E-state index in [0.29, 0.717) is 23.7 Å². The normalized spacial score (nSPS) is 12.2. The van der Waals surface area contributed by atoms with Crippen molar-refractivity contribution in [2.75, 3.05) is 5.32 Å². The van der Waals surface area contributed by atoms with Crippen LogP contribution in [0.25, 0.3) is 0 Å². The van der Waals surface area contributed by atoms with Crippen molar-refractivity contribution in [1.29, 1.82) is 0 Å². The molecule has 0 aliphatic rings. The number of hydrogen-bond acceptors (Lipinski definition) is 3. The van der Waals surface area contributed by atoms with Crippen molar-refractivity contribution in [3.63, 3.8) is 0 Å². The number of carbonyl (C=O) groups is 1. The number of benzene rings is 1. The zero-order valence-electron chi connectivity index (χ0n) is 16.0. The van der Waals surface area contributed by atoms with Crippen LogP contribution in [0, 0.1) is 20.8 Å². The second-order valence-corrected chi connectivity index (χ2v) is 7.14. The van der Waals surface area contributed by atoms with E-state index in [9.17, 15) is 4.79 Å². The molecular formula is C20H24ClN5O. The SMILES string of the molecule is CCC(C(=O)Nc1cnn(Cc2cccc(C)c2)c1)n1nc(C)c(Cl)c1C. The summed E-state index contributed by atoms with van der Waals surface area (Å²) >= 11 is 6.23. The monoisotopic (exact) mass is 385 g/mol. The van der Waals surface area contributed by atoms with Crippen LogP contribution in [0.15, 0.2) is 36.7 Å². The Morgan fingerprint density at radius 3 is 2.70 bits per heavy atom. The lowest BCUT2D eigenvalue weighted by atomic mass is 10.1. The van der Waals surface area contributed by atoms with Gasteiger partial charge in [0.05, 0.1) is 34.8 Å². The molecule has 0 fully saturated rings. The van der Waals surface area contributed by atoms with Crippen molar-refractivity contribution in [3.05, 3.63) is 64.2 Å². The second-order valence-electron chi connectivity index (χ2n) is 6.76. The maximum atomic E-state index is 12.8. The number of carbonyl (C=O) groups excluding carboxylic acids is 1. The quantitative estimate of drug-likeness (QED) is 0.688. The molecule has 27 heavy (non-hydrogen) atoms. The number of hydrogen-bond donors (Lipinski definition) is 1. The molecule has 2 aromatic heterocycles. The zero-order chi connectivity index (χ0) is 19.6. The van der Waals surface area contributed by atoms with Gasteiger partial charge in [-0.1, -0.05) is 48.4 Å². The second kappa shape index (κ2) is 7.96. The molecule has 0 radical (unpaired) electrons. The fraction of sp³-hybridized carbons (Fsp3) is 0.350. The van der Waals surface area contributed by atoms with Gasteiger partial charge in [0.25, 0.3) is 0 Å². The lowest BCUT2D eigenvalue weighted by molar-refractivity contribution is -0.119. The summed E-state index contributed by atoms with van der Waals surface area (Å²) in [5, 5.41) is 12.3. The largest absolute Gasteiger partial charge is 0.322 e. The van der Waals surface area contributed by atoms with Crippen molar-refractivity contribution in [2.45, 2.75) is 46.7 Å². The van der Waals surface area contributed by atoms with Crippen LogP contribution in [-0.2, 0) is 11.3 Å². The maximum absolute atomic E-state index is 12.8. The Morgan fingerprint density at radius 2 is 2.07 bits per heavy atom. The lowest BCUT2D eigenvalue weighted by Gasteiger charge is -2.16. The number of nitrogens with one attached hydrogen (secondary N) is 1. The van der Waals surface area contributed by atoms with Gasteiger partial charge in [-0.25, -0.2) is 0 Å². The Morgan fingerprint density at radius 1 is 1.30 bits per heavy atom. The number of nitrogens with zero attached hydrogens (tertiary/aromatic N) is 4. The van der Waals surface area contributed by atoms with E-state index in [1.807, 2.05) is 37.7 Å². The van der Waals surface area contributed by atoms with E-state index in [4.69, 9.17) is 11.6 Å². The standard InChI is InChI=1S/C20H24ClN5O/c1-5-18(26-15(4)19(21)14(3)24-26)20(27)23-17-10-22-25(12-17)11-16-8-6-7-13(2)9-16/h6-10,12,18H,5,11H2,1-4H3,(H,23,27). The van der Waals surface area contributed by atoms with E-state index >= 15 is 0 Å². The molecule has 142 valence electrons. The third-order valence-corrected chi connectivity index (χ3v) is 5.10. The minimum atomic E-state index is -0.420. The molecule has 7 heteroatoms. The first-order valence-electron chi connectivity index (χ1n) is 8.99. The summed E-state index contributed by atoms with van der Waals surface area (Å²) in [5.41, 5.74) is 4.57. The predicted octanol–water partition coefficient (Wildman–Crippen LogP) is 4.30. The van der Waals surface area contributed by atoms with Gasteiger partial charge in [0.2, 0.25) is 5.91 Å². The summed E-state index contributed by atoms with van der Waals surface area (Å²) in [5.74, 6) is -0.130. The number of aryl methyl sites for hydroxylation is 2. The van der Waals surface area contributed by atoms with E-state index in [0.717, 1.165) is 11.4 Å². The van der Waals surface area contributed by atoms with E-state index < -0.39 is 6.04 Å². The van der Waals surface area contributed by atoms with Crippen LogP contribution in [0.2, 0.25) is 5.02 Å². The molecule has 1 unspecified atom stereocenters. The first-order chi connectivity index (χ1) is 12.9. The van der Waals surface area contributed by atoms with Crippen LogP contribution in [0.3, 0.4) is 0 Å². The molecule has 1 atom stereocenters. The summed E-state index contributed by atoms with van der Waals surface area (Å²) in [7, 11) is 0. The lowest BCUT2D eigenvalue weighted by Crippen LogP contribution is -2.27. The third kappa shape index (κ3) is 4.22. The number of halogens is 1. The van der Waals surface area contributed by atoms with Crippen LogP contribution < -0.4 is 5.32 Å². The highest BCUT2D eigenvalue weighted by Gasteiger charge is 2.23. The van der Waals surface area contributed by atoms with E-state index in [1.165, 1.54) is 11.1 Å². The Kier molecular flexibility index (Phi) is 5.65. The van der Waals surface area contributed by atoms with Gasteiger partial charge in [0.1, 0.15) is 6.04 Å². The highest BCUT2D eigenvalue weighted by atomic mass is 35.5.